The molecule has 1 aliphatic heterocycles. The fraction of sp³-hybridized carbons (Fsp3) is 0.357. The number of rotatable bonds is 4. The molecule has 1 saturated heterocycles. The molecule has 0 aromatic heterocycles. The second kappa shape index (κ2) is 6.36. The normalized spacial score (nSPS) is 18.2. The molecule has 2 amide bonds. The number of ether oxygens (including phenoxy) is 1. The van der Waals surface area contributed by atoms with Crippen molar-refractivity contribution >= 4 is 17.8 Å². The molecule has 0 radical (unpaired) electrons. The maximum Gasteiger partial charge on any atom is 0.328 e. The average molecular weight is 292 g/mol. The molecule has 1 atom stereocenters. The number of hydrogen-bond acceptors (Lipinski definition) is 4. The summed E-state index contributed by atoms with van der Waals surface area (Å²) in [6, 6.07) is 5.67. The van der Waals surface area contributed by atoms with Gasteiger partial charge in [-0.05, 0) is 17.7 Å². The Morgan fingerprint density at radius 2 is 2.24 bits per heavy atom. The van der Waals surface area contributed by atoms with Gasteiger partial charge in [-0.3, -0.25) is 9.59 Å². The van der Waals surface area contributed by atoms with Crippen LogP contribution >= 0.6 is 0 Å². The number of hydrogen-bond donors (Lipinski definition) is 2. The molecule has 7 heteroatoms. The minimum atomic E-state index is -1.14. The number of aliphatic carboxylic acids is 1. The van der Waals surface area contributed by atoms with E-state index in [2.05, 4.69) is 5.32 Å². The van der Waals surface area contributed by atoms with Gasteiger partial charge >= 0.3 is 5.97 Å². The van der Waals surface area contributed by atoms with Gasteiger partial charge in [0, 0.05) is 19.2 Å². The lowest BCUT2D eigenvalue weighted by molar-refractivity contribution is -0.144. The number of methoxy groups -OCH3 is 1. The van der Waals surface area contributed by atoms with Crippen LogP contribution in [0.2, 0.25) is 0 Å². The van der Waals surface area contributed by atoms with Crippen LogP contribution in [-0.4, -0.2) is 54.0 Å². The molecule has 0 spiro atoms. The highest BCUT2D eigenvalue weighted by Gasteiger charge is 2.35. The SMILES string of the molecule is COCc1cccc(C(=O)N2CC(=O)NCC2C(=O)O)c1. The summed E-state index contributed by atoms with van der Waals surface area (Å²) >= 11 is 0. The smallest absolute Gasteiger partial charge is 0.328 e. The predicted molar refractivity (Wildman–Crippen MR) is 72.6 cm³/mol. The number of carbonyl (C=O) groups is 3. The molecule has 1 heterocycles. The van der Waals surface area contributed by atoms with E-state index in [1.807, 2.05) is 0 Å². The van der Waals surface area contributed by atoms with E-state index in [9.17, 15) is 14.4 Å². The molecular weight excluding hydrogens is 276 g/mol. The van der Waals surface area contributed by atoms with Crippen molar-refractivity contribution in [1.29, 1.82) is 0 Å². The van der Waals surface area contributed by atoms with Crippen LogP contribution < -0.4 is 5.32 Å². The van der Waals surface area contributed by atoms with E-state index in [1.54, 1.807) is 31.4 Å². The van der Waals surface area contributed by atoms with Gasteiger partial charge in [-0.15, -0.1) is 0 Å². The zero-order chi connectivity index (χ0) is 15.4. The molecule has 1 aromatic rings. The first-order valence-corrected chi connectivity index (χ1v) is 6.41. The summed E-state index contributed by atoms with van der Waals surface area (Å²) in [7, 11) is 1.55. The first kappa shape index (κ1) is 15.0. The third kappa shape index (κ3) is 3.38. The molecule has 1 unspecified atom stereocenters. The Bertz CT molecular complexity index is 572. The fourth-order valence-electron chi connectivity index (χ4n) is 2.20. The van der Waals surface area contributed by atoms with Crippen LogP contribution in [0.25, 0.3) is 0 Å². The molecular formula is C14H16N2O5. The highest BCUT2D eigenvalue weighted by Crippen LogP contribution is 2.13. The Labute approximate surface area is 121 Å². The molecule has 112 valence electrons. The molecule has 1 fully saturated rings. The maximum atomic E-state index is 12.5. The van der Waals surface area contributed by atoms with Crippen LogP contribution in [0.1, 0.15) is 15.9 Å². The number of benzene rings is 1. The van der Waals surface area contributed by atoms with Gasteiger partial charge < -0.3 is 20.1 Å². The van der Waals surface area contributed by atoms with E-state index in [-0.39, 0.29) is 19.0 Å². The van der Waals surface area contributed by atoms with Gasteiger partial charge in [0.25, 0.3) is 5.91 Å². The number of nitrogens with one attached hydrogen (secondary N) is 1. The number of amides is 2. The van der Waals surface area contributed by atoms with Crippen LogP contribution in [-0.2, 0) is 20.9 Å². The monoisotopic (exact) mass is 292 g/mol. The van der Waals surface area contributed by atoms with Crippen LogP contribution in [0.5, 0.6) is 0 Å². The Balaban J connectivity index is 2.25. The zero-order valence-corrected chi connectivity index (χ0v) is 11.5. The van der Waals surface area contributed by atoms with Crippen molar-refractivity contribution in [2.45, 2.75) is 12.6 Å². The quantitative estimate of drug-likeness (QED) is 0.805. The molecule has 0 saturated carbocycles. The summed E-state index contributed by atoms with van der Waals surface area (Å²) in [5.41, 5.74) is 1.14. The van der Waals surface area contributed by atoms with E-state index < -0.39 is 17.9 Å². The standard InChI is InChI=1S/C14H16N2O5/c1-21-8-9-3-2-4-10(5-9)13(18)16-7-12(17)15-6-11(16)14(19)20/h2-5,11H,6-8H2,1H3,(H,15,17)(H,19,20). The third-order valence-corrected chi connectivity index (χ3v) is 3.21. The number of carboxylic acids is 1. The summed E-state index contributed by atoms with van der Waals surface area (Å²) in [6.07, 6.45) is 0. The van der Waals surface area contributed by atoms with Gasteiger partial charge in [0.2, 0.25) is 5.91 Å². The second-order valence-corrected chi connectivity index (χ2v) is 4.72. The van der Waals surface area contributed by atoms with Gasteiger partial charge in [0.1, 0.15) is 12.6 Å². The van der Waals surface area contributed by atoms with Crippen LogP contribution in [0.4, 0.5) is 0 Å². The predicted octanol–water partition coefficient (Wildman–Crippen LogP) is -0.142. The molecule has 7 nitrogen and oxygen atoms in total. The number of piperazine rings is 1. The fourth-order valence-corrected chi connectivity index (χ4v) is 2.20. The molecule has 0 bridgehead atoms. The summed E-state index contributed by atoms with van der Waals surface area (Å²) in [5, 5.41) is 11.6. The lowest BCUT2D eigenvalue weighted by Gasteiger charge is -2.32. The lowest BCUT2D eigenvalue weighted by atomic mass is 10.1. The molecule has 21 heavy (non-hydrogen) atoms. The molecule has 2 rings (SSSR count). The summed E-state index contributed by atoms with van der Waals surface area (Å²) < 4.78 is 5.00. The van der Waals surface area contributed by atoms with Crippen molar-refractivity contribution in [3.63, 3.8) is 0 Å². The minimum Gasteiger partial charge on any atom is -0.480 e. The average Bonchev–Trinajstić information content (AvgIpc) is 2.46. The van der Waals surface area contributed by atoms with E-state index in [1.165, 1.54) is 0 Å². The van der Waals surface area contributed by atoms with E-state index in [0.717, 1.165) is 10.5 Å². The van der Waals surface area contributed by atoms with Crippen molar-refractivity contribution in [3.05, 3.63) is 35.4 Å². The van der Waals surface area contributed by atoms with Gasteiger partial charge in [0.15, 0.2) is 0 Å². The molecule has 0 aliphatic carbocycles. The van der Waals surface area contributed by atoms with Crippen molar-refractivity contribution in [2.75, 3.05) is 20.2 Å². The van der Waals surface area contributed by atoms with E-state index >= 15 is 0 Å². The Hall–Kier alpha value is -2.41. The summed E-state index contributed by atoms with van der Waals surface area (Å²) in [6.45, 7) is 0.00589. The summed E-state index contributed by atoms with van der Waals surface area (Å²) in [4.78, 5) is 36.2. The van der Waals surface area contributed by atoms with E-state index in [0.29, 0.717) is 12.2 Å². The maximum absolute atomic E-state index is 12.5. The second-order valence-electron chi connectivity index (χ2n) is 4.72. The Morgan fingerprint density at radius 1 is 1.48 bits per heavy atom. The summed E-state index contributed by atoms with van der Waals surface area (Å²) in [5.74, 6) is -1.99. The molecule has 1 aliphatic rings. The van der Waals surface area contributed by atoms with Crippen molar-refractivity contribution in [3.8, 4) is 0 Å². The Kier molecular flexibility index (Phi) is 4.54. The van der Waals surface area contributed by atoms with Gasteiger partial charge in [-0.1, -0.05) is 12.1 Å². The number of carboxylic acid groups (broad SMARTS) is 1. The van der Waals surface area contributed by atoms with Gasteiger partial charge in [-0.25, -0.2) is 4.79 Å². The highest BCUT2D eigenvalue weighted by molar-refractivity contribution is 6.00. The molecule has 2 N–H and O–H groups in total. The van der Waals surface area contributed by atoms with Gasteiger partial charge in [0.05, 0.1) is 6.61 Å². The van der Waals surface area contributed by atoms with Crippen molar-refractivity contribution in [2.24, 2.45) is 0 Å². The Morgan fingerprint density at radius 3 is 2.90 bits per heavy atom. The number of nitrogens with zero attached hydrogens (tertiary/aromatic N) is 1. The van der Waals surface area contributed by atoms with Crippen molar-refractivity contribution in [1.82, 2.24) is 10.2 Å². The number of carbonyl (C=O) groups excluding carboxylic acids is 2. The topological polar surface area (TPSA) is 95.9 Å². The minimum absolute atomic E-state index is 0.0856. The van der Waals surface area contributed by atoms with Crippen molar-refractivity contribution < 1.29 is 24.2 Å². The lowest BCUT2D eigenvalue weighted by Crippen LogP contribution is -2.59. The molecule has 1 aromatic carbocycles. The third-order valence-electron chi connectivity index (χ3n) is 3.21. The highest BCUT2D eigenvalue weighted by atomic mass is 16.5. The van der Waals surface area contributed by atoms with Crippen LogP contribution in [0.3, 0.4) is 0 Å². The van der Waals surface area contributed by atoms with Gasteiger partial charge in [-0.2, -0.15) is 0 Å². The first-order valence-electron chi connectivity index (χ1n) is 6.41. The van der Waals surface area contributed by atoms with Crippen LogP contribution in [0.15, 0.2) is 24.3 Å². The van der Waals surface area contributed by atoms with Crippen LogP contribution in [0, 0.1) is 0 Å². The van der Waals surface area contributed by atoms with E-state index in [4.69, 9.17) is 9.84 Å². The largest absolute Gasteiger partial charge is 0.480 e. The first-order chi connectivity index (χ1) is 10.0. The zero-order valence-electron chi connectivity index (χ0n) is 11.5.